The molecule has 2 aromatic heterocycles. The van der Waals surface area contributed by atoms with E-state index >= 15 is 0 Å². The number of nitriles is 1. The van der Waals surface area contributed by atoms with Crippen molar-refractivity contribution in [3.63, 3.8) is 0 Å². The first-order valence-electron chi connectivity index (χ1n) is 5.89. The maximum Gasteiger partial charge on any atom is 0.272 e. The Balaban J connectivity index is 1.88. The van der Waals surface area contributed by atoms with Crippen LogP contribution in [0.25, 0.3) is 0 Å². The van der Waals surface area contributed by atoms with Crippen molar-refractivity contribution in [2.45, 2.75) is 19.3 Å². The Hall–Kier alpha value is -1.58. The van der Waals surface area contributed by atoms with Crippen LogP contribution in [0, 0.1) is 11.3 Å². The summed E-state index contributed by atoms with van der Waals surface area (Å²) >= 11 is 4.81. The van der Waals surface area contributed by atoms with Gasteiger partial charge in [0, 0.05) is 15.5 Å². The lowest BCUT2D eigenvalue weighted by Crippen LogP contribution is -2.12. The van der Waals surface area contributed by atoms with E-state index in [0.717, 1.165) is 29.3 Å². The predicted molar refractivity (Wildman–Crippen MR) is 77.5 cm³/mol. The molecule has 0 saturated heterocycles. The van der Waals surface area contributed by atoms with Crippen LogP contribution in [0.1, 0.15) is 32.9 Å². The molecule has 1 aliphatic rings. The van der Waals surface area contributed by atoms with Crippen molar-refractivity contribution in [1.82, 2.24) is 4.98 Å². The number of fused-ring (bicyclic) bond motifs is 1. The fourth-order valence-corrected chi connectivity index (χ4v) is 3.86. The van der Waals surface area contributed by atoms with Gasteiger partial charge in [0.2, 0.25) is 0 Å². The lowest BCUT2D eigenvalue weighted by molar-refractivity contribution is 0.102. The molecule has 19 heavy (non-hydrogen) atoms. The number of amides is 1. The molecule has 4 nitrogen and oxygen atoms in total. The molecule has 0 bridgehead atoms. The first kappa shape index (κ1) is 12.5. The minimum Gasteiger partial charge on any atom is -0.356 e. The highest BCUT2D eigenvalue weighted by molar-refractivity contribution is 9.10. The molecule has 0 unspecified atom stereocenters. The number of rotatable bonds is 2. The Morgan fingerprint density at radius 2 is 2.37 bits per heavy atom. The third-order valence-corrected chi connectivity index (χ3v) is 4.82. The monoisotopic (exact) mass is 335 g/mol. The third-order valence-electron chi connectivity index (χ3n) is 3.15. The van der Waals surface area contributed by atoms with Crippen molar-refractivity contribution < 1.29 is 4.79 Å². The van der Waals surface area contributed by atoms with Crippen molar-refractivity contribution >= 4 is 38.2 Å². The van der Waals surface area contributed by atoms with E-state index in [-0.39, 0.29) is 5.91 Å². The van der Waals surface area contributed by atoms with Crippen LogP contribution in [0.2, 0.25) is 0 Å². The Morgan fingerprint density at radius 3 is 3.05 bits per heavy atom. The molecular formula is C13H10BrN3OS. The van der Waals surface area contributed by atoms with Gasteiger partial charge in [-0.3, -0.25) is 4.79 Å². The van der Waals surface area contributed by atoms with Crippen LogP contribution in [-0.2, 0) is 12.8 Å². The Bertz CT molecular complexity index is 695. The number of nitrogens with zero attached hydrogens (tertiary/aromatic N) is 1. The van der Waals surface area contributed by atoms with E-state index in [2.05, 4.69) is 32.3 Å². The highest BCUT2D eigenvalue weighted by Gasteiger charge is 2.23. The number of thiophene rings is 1. The van der Waals surface area contributed by atoms with Gasteiger partial charge in [-0.05, 0) is 46.8 Å². The molecule has 0 radical (unpaired) electrons. The number of hydrogen-bond donors (Lipinski definition) is 2. The van der Waals surface area contributed by atoms with Crippen LogP contribution >= 0.6 is 27.3 Å². The van der Waals surface area contributed by atoms with Gasteiger partial charge in [0.1, 0.15) is 16.8 Å². The second-order valence-corrected chi connectivity index (χ2v) is 6.38. The molecule has 0 saturated carbocycles. The van der Waals surface area contributed by atoms with Crippen molar-refractivity contribution in [3.05, 3.63) is 38.4 Å². The lowest BCUT2D eigenvalue weighted by atomic mass is 10.1. The van der Waals surface area contributed by atoms with Crippen molar-refractivity contribution in [3.8, 4) is 6.07 Å². The largest absolute Gasteiger partial charge is 0.356 e. The summed E-state index contributed by atoms with van der Waals surface area (Å²) in [5.41, 5.74) is 2.23. The van der Waals surface area contributed by atoms with Gasteiger partial charge in [0.15, 0.2) is 0 Å². The first-order valence-corrected chi connectivity index (χ1v) is 7.50. The second-order valence-electron chi connectivity index (χ2n) is 4.36. The van der Waals surface area contributed by atoms with Crippen LogP contribution in [0.15, 0.2) is 16.7 Å². The van der Waals surface area contributed by atoms with E-state index in [0.29, 0.717) is 16.3 Å². The molecule has 1 aliphatic carbocycles. The molecule has 3 rings (SSSR count). The zero-order valence-corrected chi connectivity index (χ0v) is 12.3. The molecule has 0 fully saturated rings. The highest BCUT2D eigenvalue weighted by Crippen LogP contribution is 2.38. The Morgan fingerprint density at radius 1 is 1.53 bits per heavy atom. The van der Waals surface area contributed by atoms with E-state index in [1.165, 1.54) is 16.2 Å². The van der Waals surface area contributed by atoms with E-state index < -0.39 is 0 Å². The van der Waals surface area contributed by atoms with Gasteiger partial charge < -0.3 is 10.3 Å². The average Bonchev–Trinajstić information content (AvgIpc) is 3.04. The number of aromatic amines is 1. The van der Waals surface area contributed by atoms with Crippen LogP contribution < -0.4 is 5.32 Å². The minimum atomic E-state index is -0.220. The van der Waals surface area contributed by atoms with Crippen LogP contribution in [0.5, 0.6) is 0 Å². The molecule has 2 heterocycles. The summed E-state index contributed by atoms with van der Waals surface area (Å²) in [5, 5.41) is 12.7. The van der Waals surface area contributed by atoms with Gasteiger partial charge in [0.25, 0.3) is 5.91 Å². The summed E-state index contributed by atoms with van der Waals surface area (Å²) in [7, 11) is 0. The summed E-state index contributed by atoms with van der Waals surface area (Å²) in [4.78, 5) is 16.2. The van der Waals surface area contributed by atoms with Gasteiger partial charge in [-0.15, -0.1) is 11.3 Å². The van der Waals surface area contributed by atoms with Gasteiger partial charge >= 0.3 is 0 Å². The molecular weight excluding hydrogens is 326 g/mol. The number of halogens is 1. The number of carbonyl (C=O) groups is 1. The van der Waals surface area contributed by atoms with Gasteiger partial charge in [0.05, 0.1) is 5.56 Å². The molecule has 2 N–H and O–H groups in total. The number of aryl methyl sites for hydroxylation is 1. The number of hydrogen-bond acceptors (Lipinski definition) is 3. The Labute approximate surface area is 122 Å². The topological polar surface area (TPSA) is 68.7 Å². The molecule has 96 valence electrons. The number of aromatic nitrogens is 1. The predicted octanol–water partition coefficient (Wildman–Crippen LogP) is 3.45. The normalized spacial score (nSPS) is 13.1. The molecule has 0 aromatic carbocycles. The number of anilines is 1. The van der Waals surface area contributed by atoms with Crippen LogP contribution in [0.3, 0.4) is 0 Å². The average molecular weight is 336 g/mol. The molecule has 0 aliphatic heterocycles. The van der Waals surface area contributed by atoms with Crippen molar-refractivity contribution in [2.75, 3.05) is 5.32 Å². The van der Waals surface area contributed by atoms with E-state index in [4.69, 9.17) is 0 Å². The maximum atomic E-state index is 12.1. The van der Waals surface area contributed by atoms with Crippen LogP contribution in [-0.4, -0.2) is 10.9 Å². The molecule has 0 atom stereocenters. The summed E-state index contributed by atoms with van der Waals surface area (Å²) in [6.07, 6.45) is 4.76. The first-order chi connectivity index (χ1) is 9.19. The Kier molecular flexibility index (Phi) is 3.17. The molecule has 0 spiro atoms. The van der Waals surface area contributed by atoms with Gasteiger partial charge in [-0.25, -0.2) is 0 Å². The minimum absolute atomic E-state index is 0.220. The van der Waals surface area contributed by atoms with Crippen molar-refractivity contribution in [1.29, 1.82) is 5.26 Å². The standard InChI is InChI=1S/C13H10BrN3OS/c14-7-4-10(16-6-7)12(18)17-13-9(5-15)8-2-1-3-11(8)19-13/h4,6,16H,1-3H2,(H,17,18). The maximum absolute atomic E-state index is 12.1. The summed E-state index contributed by atoms with van der Waals surface area (Å²) in [6.45, 7) is 0. The van der Waals surface area contributed by atoms with E-state index in [9.17, 15) is 10.1 Å². The van der Waals surface area contributed by atoms with Crippen molar-refractivity contribution in [2.24, 2.45) is 0 Å². The van der Waals surface area contributed by atoms with Gasteiger partial charge in [-0.1, -0.05) is 0 Å². The number of H-pyrrole nitrogens is 1. The summed E-state index contributed by atoms with van der Waals surface area (Å²) in [5.74, 6) is -0.220. The molecule has 2 aromatic rings. The fourth-order valence-electron chi connectivity index (χ4n) is 2.28. The highest BCUT2D eigenvalue weighted by atomic mass is 79.9. The molecule has 6 heteroatoms. The quantitative estimate of drug-likeness (QED) is 0.882. The fraction of sp³-hybridized carbons (Fsp3) is 0.231. The third kappa shape index (κ3) is 2.20. The van der Waals surface area contributed by atoms with E-state index in [1.54, 1.807) is 12.3 Å². The second kappa shape index (κ2) is 4.83. The zero-order valence-electron chi connectivity index (χ0n) is 9.92. The zero-order chi connectivity index (χ0) is 13.4. The number of nitrogens with one attached hydrogen (secondary N) is 2. The lowest BCUT2D eigenvalue weighted by Gasteiger charge is -2.01. The van der Waals surface area contributed by atoms with Gasteiger partial charge in [-0.2, -0.15) is 5.26 Å². The summed E-state index contributed by atoms with van der Waals surface area (Å²) in [6, 6.07) is 3.93. The van der Waals surface area contributed by atoms with Crippen LogP contribution in [0.4, 0.5) is 5.00 Å². The summed E-state index contributed by atoms with van der Waals surface area (Å²) < 4.78 is 0.826. The van der Waals surface area contributed by atoms with E-state index in [1.807, 2.05) is 0 Å². The molecule has 1 amide bonds. The smallest absolute Gasteiger partial charge is 0.272 e. The SMILES string of the molecule is N#Cc1c(NC(=O)c2cc(Br)c[nH]2)sc2c1CCC2. The number of carbonyl (C=O) groups excluding carboxylic acids is 1.